The molecule has 0 aliphatic rings. The molecule has 2 N–H and O–H groups in total. The summed E-state index contributed by atoms with van der Waals surface area (Å²) in [6.07, 6.45) is 0. The molecule has 0 unspecified atom stereocenters. The van der Waals surface area contributed by atoms with Crippen LogP contribution in [-0.2, 0) is 13.1 Å². The van der Waals surface area contributed by atoms with Crippen LogP contribution < -0.4 is 5.32 Å². The summed E-state index contributed by atoms with van der Waals surface area (Å²) in [5.74, 6) is 1.63. The molecule has 3 rings (SSSR count). The predicted molar refractivity (Wildman–Crippen MR) is 94.9 cm³/mol. The van der Waals surface area contributed by atoms with E-state index in [1.807, 2.05) is 42.5 Å². The van der Waals surface area contributed by atoms with E-state index in [1.165, 1.54) is 0 Å². The minimum Gasteiger partial charge on any atom is -0.455 e. The standard InChI is InChI=1S/C18H14Cl3NO/c19-13-5-7-15(17(21)9-13)18-8-6-14(23-18)11-22-10-12-3-1-2-4-16(12)20/h1-9,22H,10-11H2/p+1. The van der Waals surface area contributed by atoms with Crippen molar-refractivity contribution in [2.75, 3.05) is 0 Å². The minimum absolute atomic E-state index is 0.582. The maximum Gasteiger partial charge on any atom is 0.158 e. The maximum absolute atomic E-state index is 6.21. The molecule has 0 atom stereocenters. The third kappa shape index (κ3) is 4.10. The van der Waals surface area contributed by atoms with Crippen molar-refractivity contribution in [3.8, 4) is 11.3 Å². The molecule has 0 aliphatic heterocycles. The van der Waals surface area contributed by atoms with Crippen molar-refractivity contribution >= 4 is 34.8 Å². The Balaban J connectivity index is 1.65. The summed E-state index contributed by atoms with van der Waals surface area (Å²) >= 11 is 18.3. The average Bonchev–Trinajstić information content (AvgIpc) is 2.98. The van der Waals surface area contributed by atoms with Gasteiger partial charge in [-0.3, -0.25) is 0 Å². The Labute approximate surface area is 150 Å². The summed E-state index contributed by atoms with van der Waals surface area (Å²) < 4.78 is 5.87. The zero-order valence-corrected chi connectivity index (χ0v) is 14.5. The van der Waals surface area contributed by atoms with Crippen LogP contribution in [0, 0.1) is 0 Å². The molecule has 0 amide bonds. The summed E-state index contributed by atoms with van der Waals surface area (Å²) in [4.78, 5) is 0. The first-order chi connectivity index (χ1) is 11.1. The Morgan fingerprint density at radius 3 is 2.43 bits per heavy atom. The Morgan fingerprint density at radius 2 is 1.65 bits per heavy atom. The minimum atomic E-state index is 0.582. The van der Waals surface area contributed by atoms with Crippen LogP contribution in [0.4, 0.5) is 0 Å². The fourth-order valence-electron chi connectivity index (χ4n) is 2.36. The van der Waals surface area contributed by atoms with Gasteiger partial charge < -0.3 is 9.73 Å². The highest BCUT2D eigenvalue weighted by Crippen LogP contribution is 2.31. The third-order valence-corrected chi connectivity index (χ3v) is 4.44. The zero-order chi connectivity index (χ0) is 16.2. The van der Waals surface area contributed by atoms with E-state index in [0.29, 0.717) is 10.0 Å². The number of furan rings is 1. The van der Waals surface area contributed by atoms with Gasteiger partial charge in [0.05, 0.1) is 5.02 Å². The third-order valence-electron chi connectivity index (χ3n) is 3.53. The molecular formula is C18H15Cl3NO+. The molecule has 118 valence electrons. The molecule has 3 aromatic rings. The molecule has 5 heteroatoms. The van der Waals surface area contributed by atoms with Crippen molar-refractivity contribution < 1.29 is 9.73 Å². The van der Waals surface area contributed by atoms with Gasteiger partial charge in [0.15, 0.2) is 5.76 Å². The van der Waals surface area contributed by atoms with Crippen LogP contribution in [0.3, 0.4) is 0 Å². The van der Waals surface area contributed by atoms with Gasteiger partial charge in [0.2, 0.25) is 0 Å². The van der Waals surface area contributed by atoms with Gasteiger partial charge in [-0.2, -0.15) is 0 Å². The van der Waals surface area contributed by atoms with Gasteiger partial charge in [0, 0.05) is 21.2 Å². The first kappa shape index (κ1) is 16.4. The molecule has 1 aromatic heterocycles. The van der Waals surface area contributed by atoms with Crippen molar-refractivity contribution in [3.05, 3.63) is 81.0 Å². The van der Waals surface area contributed by atoms with Crippen LogP contribution in [0.1, 0.15) is 11.3 Å². The number of quaternary nitrogens is 1. The van der Waals surface area contributed by atoms with Crippen LogP contribution in [0.25, 0.3) is 11.3 Å². The van der Waals surface area contributed by atoms with Crippen LogP contribution in [0.2, 0.25) is 15.1 Å². The Morgan fingerprint density at radius 1 is 0.826 bits per heavy atom. The van der Waals surface area contributed by atoms with Crippen molar-refractivity contribution in [1.82, 2.24) is 0 Å². The normalized spacial score (nSPS) is 10.9. The molecule has 0 bridgehead atoms. The number of hydrogen-bond donors (Lipinski definition) is 1. The van der Waals surface area contributed by atoms with E-state index >= 15 is 0 Å². The second-order valence-electron chi connectivity index (χ2n) is 5.18. The SMILES string of the molecule is Clc1ccc(-c2ccc(C[NH2+]Cc3ccccc3Cl)o2)c(Cl)c1. The first-order valence-corrected chi connectivity index (χ1v) is 8.36. The van der Waals surface area contributed by atoms with Gasteiger partial charge in [0.25, 0.3) is 0 Å². The molecule has 2 nitrogen and oxygen atoms in total. The Bertz CT molecular complexity index is 814. The molecule has 0 saturated heterocycles. The number of halogens is 3. The van der Waals surface area contributed by atoms with Crippen LogP contribution in [0.5, 0.6) is 0 Å². The zero-order valence-electron chi connectivity index (χ0n) is 12.2. The van der Waals surface area contributed by atoms with Gasteiger partial charge in [-0.15, -0.1) is 0 Å². The van der Waals surface area contributed by atoms with E-state index in [4.69, 9.17) is 39.2 Å². The second-order valence-corrected chi connectivity index (χ2v) is 6.43. The summed E-state index contributed by atoms with van der Waals surface area (Å²) in [6.45, 7) is 1.54. The lowest BCUT2D eigenvalue weighted by Gasteiger charge is -2.03. The molecular weight excluding hydrogens is 353 g/mol. The van der Waals surface area contributed by atoms with Crippen LogP contribution >= 0.6 is 34.8 Å². The highest BCUT2D eigenvalue weighted by atomic mass is 35.5. The maximum atomic E-state index is 6.21. The number of benzene rings is 2. The number of nitrogens with two attached hydrogens (primary N) is 1. The molecule has 0 aliphatic carbocycles. The molecule has 1 heterocycles. The summed E-state index contributed by atoms with van der Waals surface area (Å²) in [5.41, 5.74) is 1.95. The van der Waals surface area contributed by atoms with Gasteiger partial charge >= 0.3 is 0 Å². The Kier molecular flexibility index (Phi) is 5.29. The summed E-state index contributed by atoms with van der Waals surface area (Å²) in [6, 6.07) is 17.1. The van der Waals surface area contributed by atoms with Gasteiger partial charge in [0.1, 0.15) is 18.8 Å². The largest absolute Gasteiger partial charge is 0.455 e. The second kappa shape index (κ2) is 7.41. The fraction of sp³-hybridized carbons (Fsp3) is 0.111. The first-order valence-electron chi connectivity index (χ1n) is 7.22. The monoisotopic (exact) mass is 366 g/mol. The van der Waals surface area contributed by atoms with Crippen LogP contribution in [-0.4, -0.2) is 0 Å². The highest BCUT2D eigenvalue weighted by molar-refractivity contribution is 6.36. The molecule has 0 saturated carbocycles. The van der Waals surface area contributed by atoms with E-state index in [1.54, 1.807) is 12.1 Å². The van der Waals surface area contributed by atoms with Gasteiger partial charge in [-0.25, -0.2) is 0 Å². The molecule has 23 heavy (non-hydrogen) atoms. The molecule has 0 spiro atoms. The van der Waals surface area contributed by atoms with Crippen molar-refractivity contribution in [2.45, 2.75) is 13.1 Å². The number of hydrogen-bond acceptors (Lipinski definition) is 1. The van der Waals surface area contributed by atoms with E-state index in [9.17, 15) is 0 Å². The molecule has 2 aromatic carbocycles. The van der Waals surface area contributed by atoms with E-state index < -0.39 is 0 Å². The van der Waals surface area contributed by atoms with Crippen molar-refractivity contribution in [1.29, 1.82) is 0 Å². The van der Waals surface area contributed by atoms with Crippen molar-refractivity contribution in [2.24, 2.45) is 0 Å². The lowest BCUT2D eigenvalue weighted by Crippen LogP contribution is -2.80. The molecule has 0 radical (unpaired) electrons. The lowest BCUT2D eigenvalue weighted by molar-refractivity contribution is -0.687. The van der Waals surface area contributed by atoms with Gasteiger partial charge in [-0.05, 0) is 36.4 Å². The summed E-state index contributed by atoms with van der Waals surface area (Å²) in [7, 11) is 0. The lowest BCUT2D eigenvalue weighted by atomic mass is 10.2. The quantitative estimate of drug-likeness (QED) is 0.662. The predicted octanol–water partition coefficient (Wildman–Crippen LogP) is 5.17. The van der Waals surface area contributed by atoms with Gasteiger partial charge in [-0.1, -0.05) is 53.0 Å². The van der Waals surface area contributed by atoms with Crippen LogP contribution in [0.15, 0.2) is 59.0 Å². The average molecular weight is 368 g/mol. The fourth-order valence-corrected chi connectivity index (χ4v) is 3.07. The number of rotatable bonds is 5. The molecule has 0 fully saturated rings. The highest BCUT2D eigenvalue weighted by Gasteiger charge is 2.10. The van der Waals surface area contributed by atoms with E-state index in [2.05, 4.69) is 5.32 Å². The van der Waals surface area contributed by atoms with E-state index in [-0.39, 0.29) is 0 Å². The van der Waals surface area contributed by atoms with Crippen molar-refractivity contribution in [3.63, 3.8) is 0 Å². The van der Waals surface area contributed by atoms with E-state index in [0.717, 1.165) is 40.8 Å². The smallest absolute Gasteiger partial charge is 0.158 e. The summed E-state index contributed by atoms with van der Waals surface area (Å²) in [5, 5.41) is 4.13. The topological polar surface area (TPSA) is 29.8 Å². The Hall–Kier alpha value is -1.45.